The third-order valence-corrected chi connectivity index (χ3v) is 5.04. The van der Waals surface area contributed by atoms with E-state index in [2.05, 4.69) is 10.6 Å². The second-order valence-electron chi connectivity index (χ2n) is 6.40. The van der Waals surface area contributed by atoms with Gasteiger partial charge >= 0.3 is 0 Å². The van der Waals surface area contributed by atoms with Crippen LogP contribution in [0.3, 0.4) is 0 Å². The Hall–Kier alpha value is -1.42. The Bertz CT molecular complexity index is 490. The summed E-state index contributed by atoms with van der Waals surface area (Å²) in [5, 5.41) is 6.41. The minimum Gasteiger partial charge on any atom is -0.355 e. The Morgan fingerprint density at radius 1 is 1.29 bits per heavy atom. The van der Waals surface area contributed by atoms with Gasteiger partial charge in [-0.2, -0.15) is 0 Å². The molecule has 3 rings (SSSR count). The Morgan fingerprint density at radius 2 is 2.05 bits per heavy atom. The monoisotopic (exact) mass is 290 g/mol. The fraction of sp³-hybridized carbons (Fsp3) is 0.588. The fourth-order valence-corrected chi connectivity index (χ4v) is 3.45. The van der Waals surface area contributed by atoms with Gasteiger partial charge in [0.25, 0.3) is 0 Å². The number of carbonyl (C=O) groups is 1. The molecule has 1 aliphatic carbocycles. The number of benzene rings is 1. The van der Waals surface area contributed by atoms with Crippen LogP contribution in [-0.4, -0.2) is 25.5 Å². The molecule has 2 fully saturated rings. The van der Waals surface area contributed by atoms with Crippen LogP contribution in [0.5, 0.6) is 0 Å². The first kappa shape index (κ1) is 14.5. The maximum Gasteiger partial charge on any atom is 0.224 e. The molecule has 1 saturated carbocycles. The molecule has 2 N–H and O–H groups in total. The van der Waals surface area contributed by atoms with E-state index in [0.717, 1.165) is 44.3 Å². The summed E-state index contributed by atoms with van der Waals surface area (Å²) in [6.45, 7) is 2.48. The second kappa shape index (κ2) is 6.14. The van der Waals surface area contributed by atoms with Crippen molar-refractivity contribution in [3.63, 3.8) is 0 Å². The van der Waals surface area contributed by atoms with Gasteiger partial charge in [0, 0.05) is 18.5 Å². The summed E-state index contributed by atoms with van der Waals surface area (Å²) in [4.78, 5) is 12.3. The van der Waals surface area contributed by atoms with Crippen molar-refractivity contribution < 1.29 is 9.18 Å². The van der Waals surface area contributed by atoms with Crippen molar-refractivity contribution in [3.05, 3.63) is 35.6 Å². The molecule has 0 aromatic heterocycles. The van der Waals surface area contributed by atoms with Gasteiger partial charge < -0.3 is 10.6 Å². The Morgan fingerprint density at radius 3 is 2.62 bits per heavy atom. The highest BCUT2D eigenvalue weighted by atomic mass is 19.1. The van der Waals surface area contributed by atoms with Gasteiger partial charge in [-0.15, -0.1) is 0 Å². The lowest BCUT2D eigenvalue weighted by Gasteiger charge is -2.43. The van der Waals surface area contributed by atoms with Crippen molar-refractivity contribution >= 4 is 5.91 Å². The Labute approximate surface area is 125 Å². The molecule has 1 aromatic carbocycles. The van der Waals surface area contributed by atoms with E-state index in [0.29, 0.717) is 6.54 Å². The van der Waals surface area contributed by atoms with Gasteiger partial charge in [0.15, 0.2) is 0 Å². The first-order valence-corrected chi connectivity index (χ1v) is 7.94. The molecule has 3 nitrogen and oxygen atoms in total. The molecule has 21 heavy (non-hydrogen) atoms. The number of halogens is 1. The van der Waals surface area contributed by atoms with Gasteiger partial charge in [-0.25, -0.2) is 4.39 Å². The van der Waals surface area contributed by atoms with Crippen LogP contribution < -0.4 is 10.6 Å². The van der Waals surface area contributed by atoms with Gasteiger partial charge in [0.05, 0.1) is 5.92 Å². The van der Waals surface area contributed by atoms with E-state index < -0.39 is 0 Å². The normalized spacial score (nSPS) is 24.1. The fourth-order valence-electron chi connectivity index (χ4n) is 3.45. The van der Waals surface area contributed by atoms with E-state index in [4.69, 9.17) is 0 Å². The molecule has 0 spiro atoms. The highest BCUT2D eigenvalue weighted by molar-refractivity contribution is 5.79. The minimum atomic E-state index is -0.203. The first-order valence-electron chi connectivity index (χ1n) is 7.94. The highest BCUT2D eigenvalue weighted by Gasteiger charge is 2.39. The summed E-state index contributed by atoms with van der Waals surface area (Å²) in [6, 6.07) is 6.76. The number of piperidine rings is 1. The lowest BCUT2D eigenvalue weighted by atomic mass is 9.64. The van der Waals surface area contributed by atoms with Gasteiger partial charge in [0.1, 0.15) is 5.82 Å². The molecular weight excluding hydrogens is 267 g/mol. The molecule has 114 valence electrons. The van der Waals surface area contributed by atoms with Crippen LogP contribution in [0.1, 0.15) is 37.7 Å². The van der Waals surface area contributed by atoms with Crippen molar-refractivity contribution in [2.24, 2.45) is 5.92 Å². The molecule has 1 unspecified atom stereocenters. The number of carbonyl (C=O) groups excluding carboxylic acids is 1. The SMILES string of the molecule is O=C(NCC1(c2ccc(F)cc2)CCC1)C1CCCNC1. The summed E-state index contributed by atoms with van der Waals surface area (Å²) in [7, 11) is 0. The van der Waals surface area contributed by atoms with Crippen molar-refractivity contribution in [2.75, 3.05) is 19.6 Å². The molecule has 0 bridgehead atoms. The van der Waals surface area contributed by atoms with Crippen LogP contribution in [0.2, 0.25) is 0 Å². The highest BCUT2D eigenvalue weighted by Crippen LogP contribution is 2.43. The summed E-state index contributed by atoms with van der Waals surface area (Å²) in [6.07, 6.45) is 5.37. The molecule has 1 amide bonds. The van der Waals surface area contributed by atoms with Crippen molar-refractivity contribution in [2.45, 2.75) is 37.5 Å². The lowest BCUT2D eigenvalue weighted by Crippen LogP contribution is -2.48. The van der Waals surface area contributed by atoms with Gasteiger partial charge in [-0.1, -0.05) is 18.6 Å². The smallest absolute Gasteiger partial charge is 0.224 e. The number of nitrogens with one attached hydrogen (secondary N) is 2. The van der Waals surface area contributed by atoms with Crippen LogP contribution in [0.4, 0.5) is 4.39 Å². The summed E-state index contributed by atoms with van der Waals surface area (Å²) >= 11 is 0. The predicted molar refractivity (Wildman–Crippen MR) is 80.5 cm³/mol. The van der Waals surface area contributed by atoms with Crippen LogP contribution in [0, 0.1) is 11.7 Å². The van der Waals surface area contributed by atoms with E-state index >= 15 is 0 Å². The van der Waals surface area contributed by atoms with E-state index in [1.807, 2.05) is 12.1 Å². The minimum absolute atomic E-state index is 0.0193. The molecule has 2 aliphatic rings. The number of hydrogen-bond donors (Lipinski definition) is 2. The molecule has 0 radical (unpaired) electrons. The quantitative estimate of drug-likeness (QED) is 0.894. The zero-order valence-electron chi connectivity index (χ0n) is 12.3. The molecule has 1 atom stereocenters. The molecule has 1 saturated heterocycles. The van der Waals surface area contributed by atoms with Gasteiger partial charge in [0.2, 0.25) is 5.91 Å². The number of rotatable bonds is 4. The van der Waals surface area contributed by atoms with E-state index in [1.54, 1.807) is 0 Å². The van der Waals surface area contributed by atoms with Gasteiger partial charge in [-0.05, 0) is 49.9 Å². The van der Waals surface area contributed by atoms with Crippen molar-refractivity contribution in [1.29, 1.82) is 0 Å². The molecule has 1 aromatic rings. The second-order valence-corrected chi connectivity index (χ2v) is 6.40. The number of amides is 1. The molecule has 1 heterocycles. The largest absolute Gasteiger partial charge is 0.355 e. The average Bonchev–Trinajstić information content (AvgIpc) is 2.48. The maximum absolute atomic E-state index is 13.1. The lowest BCUT2D eigenvalue weighted by molar-refractivity contribution is -0.125. The topological polar surface area (TPSA) is 41.1 Å². The van der Waals surface area contributed by atoms with Crippen LogP contribution in [0.15, 0.2) is 24.3 Å². The van der Waals surface area contributed by atoms with Crippen LogP contribution >= 0.6 is 0 Å². The zero-order chi connectivity index (χ0) is 14.7. The third kappa shape index (κ3) is 3.10. The van der Waals surface area contributed by atoms with Crippen molar-refractivity contribution in [1.82, 2.24) is 10.6 Å². The van der Waals surface area contributed by atoms with Crippen LogP contribution in [-0.2, 0) is 10.2 Å². The Kier molecular flexibility index (Phi) is 4.24. The van der Waals surface area contributed by atoms with Crippen LogP contribution in [0.25, 0.3) is 0 Å². The maximum atomic E-state index is 13.1. The molecule has 4 heteroatoms. The van der Waals surface area contributed by atoms with Crippen molar-refractivity contribution in [3.8, 4) is 0 Å². The average molecular weight is 290 g/mol. The first-order chi connectivity index (χ1) is 10.2. The van der Waals surface area contributed by atoms with Gasteiger partial charge in [-0.3, -0.25) is 4.79 Å². The standard InChI is InChI=1S/C17H23FN2O/c18-15-6-4-14(5-7-15)17(8-2-9-17)12-20-16(21)13-3-1-10-19-11-13/h4-7,13,19H,1-3,8-12H2,(H,20,21). The Balaban J connectivity index is 1.61. The zero-order valence-corrected chi connectivity index (χ0v) is 12.3. The summed E-state index contributed by atoms with van der Waals surface area (Å²) in [5.74, 6) is 0.0604. The number of hydrogen-bond acceptors (Lipinski definition) is 2. The summed E-state index contributed by atoms with van der Waals surface area (Å²) in [5.41, 5.74) is 1.17. The van der Waals surface area contributed by atoms with E-state index in [9.17, 15) is 9.18 Å². The summed E-state index contributed by atoms with van der Waals surface area (Å²) < 4.78 is 13.1. The van der Waals surface area contributed by atoms with E-state index in [-0.39, 0.29) is 23.1 Å². The third-order valence-electron chi connectivity index (χ3n) is 5.04. The molecular formula is C17H23FN2O. The molecule has 1 aliphatic heterocycles. The van der Waals surface area contributed by atoms with E-state index in [1.165, 1.54) is 18.6 Å². The predicted octanol–water partition coefficient (Wildman–Crippen LogP) is 2.36.